The number of ether oxygens (including phenoxy) is 1. The van der Waals surface area contributed by atoms with Crippen LogP contribution in [-0.4, -0.2) is 24.5 Å². The van der Waals surface area contributed by atoms with Crippen molar-refractivity contribution in [2.24, 2.45) is 0 Å². The number of cyclic esters (lactones) is 1. The number of rotatable bonds is 11. The first-order chi connectivity index (χ1) is 12.7. The quantitative estimate of drug-likeness (QED) is 0.448. The van der Waals surface area contributed by atoms with E-state index in [1.54, 1.807) is 0 Å². The molecule has 1 aromatic rings. The number of carbonyl (C=O) groups is 2. The molecule has 1 saturated heterocycles. The molecular formula is C22H33NO3. The topological polar surface area (TPSA) is 55.4 Å². The Morgan fingerprint density at radius 3 is 2.38 bits per heavy atom. The van der Waals surface area contributed by atoms with Crippen molar-refractivity contribution in [3.63, 3.8) is 0 Å². The first-order valence-electron chi connectivity index (χ1n) is 10.2. The molecule has 0 aromatic heterocycles. The third-order valence-corrected chi connectivity index (χ3v) is 5.20. The molecule has 0 bridgehead atoms. The van der Waals surface area contributed by atoms with Crippen LogP contribution in [-0.2, 0) is 9.53 Å². The summed E-state index contributed by atoms with van der Waals surface area (Å²) in [7, 11) is 0. The number of carbonyl (C=O) groups excluding carboxylic acids is 2. The van der Waals surface area contributed by atoms with Crippen LogP contribution in [0.2, 0.25) is 0 Å². The molecule has 26 heavy (non-hydrogen) atoms. The maximum Gasteiger partial charge on any atom is 0.328 e. The second-order valence-corrected chi connectivity index (χ2v) is 7.29. The van der Waals surface area contributed by atoms with Gasteiger partial charge in [0.1, 0.15) is 6.04 Å². The number of hydrogen-bond acceptors (Lipinski definition) is 3. The lowest BCUT2D eigenvalue weighted by molar-refractivity contribution is -0.139. The van der Waals surface area contributed by atoms with Crippen LogP contribution in [0.15, 0.2) is 24.3 Å². The van der Waals surface area contributed by atoms with Crippen LogP contribution in [0.1, 0.15) is 93.5 Å². The Hall–Kier alpha value is -1.84. The van der Waals surface area contributed by atoms with Crippen molar-refractivity contribution in [3.05, 3.63) is 35.4 Å². The van der Waals surface area contributed by atoms with E-state index in [0.717, 1.165) is 0 Å². The summed E-state index contributed by atoms with van der Waals surface area (Å²) in [5.41, 5.74) is 1.93. The van der Waals surface area contributed by atoms with Gasteiger partial charge in [0, 0.05) is 12.0 Å². The Morgan fingerprint density at radius 2 is 1.77 bits per heavy atom. The van der Waals surface area contributed by atoms with Gasteiger partial charge in [0.25, 0.3) is 5.91 Å². The molecule has 1 aliphatic rings. The normalized spacial score (nSPS) is 17.8. The SMILES string of the molecule is CCCCCCC(CCCC)c1ccc(C(=O)N[C@H]2CCOC2=O)cc1. The van der Waals surface area contributed by atoms with Crippen molar-refractivity contribution in [2.75, 3.05) is 6.61 Å². The van der Waals surface area contributed by atoms with Crippen LogP contribution >= 0.6 is 0 Å². The third-order valence-electron chi connectivity index (χ3n) is 5.20. The zero-order valence-electron chi connectivity index (χ0n) is 16.3. The molecule has 1 N–H and O–H groups in total. The molecule has 144 valence electrons. The lowest BCUT2D eigenvalue weighted by atomic mass is 9.88. The molecule has 0 radical (unpaired) electrons. The minimum absolute atomic E-state index is 0.201. The highest BCUT2D eigenvalue weighted by atomic mass is 16.5. The van der Waals surface area contributed by atoms with E-state index in [0.29, 0.717) is 24.5 Å². The summed E-state index contributed by atoms with van der Waals surface area (Å²) in [6.45, 7) is 4.86. The number of unbranched alkanes of at least 4 members (excludes halogenated alkanes) is 4. The monoisotopic (exact) mass is 359 g/mol. The number of hydrogen-bond donors (Lipinski definition) is 1. The van der Waals surface area contributed by atoms with Crippen LogP contribution in [0.4, 0.5) is 0 Å². The van der Waals surface area contributed by atoms with E-state index < -0.39 is 6.04 Å². The largest absolute Gasteiger partial charge is 0.464 e. The van der Waals surface area contributed by atoms with E-state index in [-0.39, 0.29) is 11.9 Å². The van der Waals surface area contributed by atoms with Crippen molar-refractivity contribution >= 4 is 11.9 Å². The highest BCUT2D eigenvalue weighted by Crippen LogP contribution is 2.28. The average Bonchev–Trinajstić information content (AvgIpc) is 3.06. The molecular weight excluding hydrogens is 326 g/mol. The summed E-state index contributed by atoms with van der Waals surface area (Å²) in [5.74, 6) is 0.0452. The van der Waals surface area contributed by atoms with Gasteiger partial charge in [-0.15, -0.1) is 0 Å². The third kappa shape index (κ3) is 6.15. The van der Waals surface area contributed by atoms with Gasteiger partial charge in [0.2, 0.25) is 0 Å². The van der Waals surface area contributed by atoms with Crippen LogP contribution in [0.3, 0.4) is 0 Å². The van der Waals surface area contributed by atoms with Crippen molar-refractivity contribution in [1.29, 1.82) is 0 Å². The van der Waals surface area contributed by atoms with Gasteiger partial charge < -0.3 is 10.1 Å². The second-order valence-electron chi connectivity index (χ2n) is 7.29. The molecule has 4 nitrogen and oxygen atoms in total. The van der Waals surface area contributed by atoms with Gasteiger partial charge in [-0.25, -0.2) is 4.79 Å². The van der Waals surface area contributed by atoms with Gasteiger partial charge in [-0.3, -0.25) is 4.79 Å². The molecule has 1 fully saturated rings. The molecule has 4 heteroatoms. The Kier molecular flexibility index (Phi) is 8.66. The molecule has 1 heterocycles. The Labute approximate surface area is 157 Å². The van der Waals surface area contributed by atoms with Crippen molar-refractivity contribution in [3.8, 4) is 0 Å². The van der Waals surface area contributed by atoms with Gasteiger partial charge in [0.15, 0.2) is 0 Å². The zero-order valence-corrected chi connectivity index (χ0v) is 16.3. The average molecular weight is 360 g/mol. The minimum Gasteiger partial charge on any atom is -0.464 e. The fraction of sp³-hybridized carbons (Fsp3) is 0.636. The van der Waals surface area contributed by atoms with Gasteiger partial charge in [-0.1, -0.05) is 64.5 Å². The molecule has 1 amide bonds. The van der Waals surface area contributed by atoms with E-state index in [9.17, 15) is 9.59 Å². The lowest BCUT2D eigenvalue weighted by Crippen LogP contribution is -2.37. The standard InChI is InChI=1S/C22H33NO3/c1-3-5-7-8-10-17(9-6-4-2)18-11-13-19(14-12-18)21(24)23-20-15-16-26-22(20)25/h11-14,17,20H,3-10,15-16H2,1-2H3,(H,23,24)/t17?,20-/m0/s1. The number of benzene rings is 1. The van der Waals surface area contributed by atoms with E-state index in [1.807, 2.05) is 12.1 Å². The summed E-state index contributed by atoms with van der Waals surface area (Å²) in [5, 5.41) is 2.76. The molecule has 2 rings (SSSR count). The summed E-state index contributed by atoms with van der Waals surface area (Å²) < 4.78 is 4.89. The molecule has 1 aromatic carbocycles. The number of amides is 1. The highest BCUT2D eigenvalue weighted by Gasteiger charge is 2.28. The Morgan fingerprint density at radius 1 is 1.08 bits per heavy atom. The smallest absolute Gasteiger partial charge is 0.328 e. The van der Waals surface area contributed by atoms with E-state index in [2.05, 4.69) is 31.3 Å². The fourth-order valence-corrected chi connectivity index (χ4v) is 3.52. The first-order valence-corrected chi connectivity index (χ1v) is 10.2. The number of esters is 1. The zero-order chi connectivity index (χ0) is 18.8. The van der Waals surface area contributed by atoms with E-state index in [4.69, 9.17) is 4.74 Å². The molecule has 2 atom stereocenters. The molecule has 0 aliphatic carbocycles. The fourth-order valence-electron chi connectivity index (χ4n) is 3.52. The van der Waals surface area contributed by atoms with Gasteiger partial charge in [-0.05, 0) is 36.5 Å². The summed E-state index contributed by atoms with van der Waals surface area (Å²) in [6, 6.07) is 7.44. The van der Waals surface area contributed by atoms with E-state index in [1.165, 1.54) is 56.9 Å². The molecule has 0 saturated carbocycles. The van der Waals surface area contributed by atoms with Crippen LogP contribution in [0, 0.1) is 0 Å². The van der Waals surface area contributed by atoms with Crippen molar-refractivity contribution < 1.29 is 14.3 Å². The van der Waals surface area contributed by atoms with Gasteiger partial charge in [-0.2, -0.15) is 0 Å². The minimum atomic E-state index is -0.502. The summed E-state index contributed by atoms with van der Waals surface area (Å²) in [4.78, 5) is 23.8. The summed E-state index contributed by atoms with van der Waals surface area (Å²) in [6.07, 6.45) is 10.6. The molecule has 1 unspecified atom stereocenters. The van der Waals surface area contributed by atoms with Crippen molar-refractivity contribution in [1.82, 2.24) is 5.32 Å². The lowest BCUT2D eigenvalue weighted by Gasteiger charge is -2.18. The van der Waals surface area contributed by atoms with Crippen LogP contribution in [0.5, 0.6) is 0 Å². The Bertz CT molecular complexity index is 567. The maximum atomic E-state index is 12.3. The van der Waals surface area contributed by atoms with E-state index >= 15 is 0 Å². The molecule has 0 spiro atoms. The molecule has 1 aliphatic heterocycles. The van der Waals surface area contributed by atoms with Gasteiger partial charge >= 0.3 is 5.97 Å². The van der Waals surface area contributed by atoms with Crippen molar-refractivity contribution in [2.45, 2.75) is 83.6 Å². The van der Waals surface area contributed by atoms with Crippen LogP contribution < -0.4 is 5.32 Å². The second kappa shape index (κ2) is 11.0. The van der Waals surface area contributed by atoms with Crippen LogP contribution in [0.25, 0.3) is 0 Å². The summed E-state index contributed by atoms with van der Waals surface area (Å²) >= 11 is 0. The first kappa shape index (κ1) is 20.5. The Balaban J connectivity index is 1.94. The predicted octanol–water partition coefficient (Wildman–Crippen LogP) is 4.98. The maximum absolute atomic E-state index is 12.3. The number of nitrogens with one attached hydrogen (secondary N) is 1. The highest BCUT2D eigenvalue weighted by molar-refractivity contribution is 5.97. The van der Waals surface area contributed by atoms with Gasteiger partial charge in [0.05, 0.1) is 6.61 Å². The predicted molar refractivity (Wildman–Crippen MR) is 104 cm³/mol.